The molecule has 0 unspecified atom stereocenters. The van der Waals surface area contributed by atoms with Crippen molar-refractivity contribution >= 4 is 5.97 Å². The molecule has 1 rings (SSSR count). The Morgan fingerprint density at radius 3 is 2.24 bits per heavy atom. The third kappa shape index (κ3) is 2.87. The molecule has 0 aromatic carbocycles. The Hall–Kier alpha value is -1.32. The van der Waals surface area contributed by atoms with Crippen molar-refractivity contribution in [2.75, 3.05) is 0 Å². The first-order valence-corrected chi connectivity index (χ1v) is 6.14. The van der Waals surface area contributed by atoms with E-state index in [1.807, 2.05) is 25.5 Å². The zero-order chi connectivity index (χ0) is 13.2. The molecule has 0 aliphatic heterocycles. The molecule has 0 spiro atoms. The smallest absolute Gasteiger partial charge is 0.339 e. The van der Waals surface area contributed by atoms with Gasteiger partial charge in [0.1, 0.15) is 5.56 Å². The highest BCUT2D eigenvalue weighted by molar-refractivity contribution is 5.89. The summed E-state index contributed by atoms with van der Waals surface area (Å²) in [5, 5.41) is 13.7. The molecule has 17 heavy (non-hydrogen) atoms. The first-order valence-electron chi connectivity index (χ1n) is 6.14. The average Bonchev–Trinajstić information content (AvgIpc) is 2.64. The SMILES string of the molecule is CCC(CC)n1cc(C(=O)O)c(C(C)(C)C)n1. The summed E-state index contributed by atoms with van der Waals surface area (Å²) in [5.74, 6) is -0.896. The van der Waals surface area contributed by atoms with E-state index in [0.29, 0.717) is 11.3 Å². The first kappa shape index (κ1) is 13.7. The van der Waals surface area contributed by atoms with Crippen LogP contribution in [-0.4, -0.2) is 20.9 Å². The minimum Gasteiger partial charge on any atom is -0.478 e. The molecule has 96 valence electrons. The van der Waals surface area contributed by atoms with Crippen molar-refractivity contribution in [1.29, 1.82) is 0 Å². The molecule has 1 aromatic rings. The number of rotatable bonds is 4. The number of hydrogen-bond acceptors (Lipinski definition) is 2. The van der Waals surface area contributed by atoms with Crippen LogP contribution in [0.4, 0.5) is 0 Å². The van der Waals surface area contributed by atoms with Crippen LogP contribution in [0.25, 0.3) is 0 Å². The minimum absolute atomic E-state index is 0.245. The number of aromatic carboxylic acids is 1. The Morgan fingerprint density at radius 2 is 1.94 bits per heavy atom. The van der Waals surface area contributed by atoms with Gasteiger partial charge in [0, 0.05) is 11.6 Å². The summed E-state index contributed by atoms with van der Waals surface area (Å²) in [5.41, 5.74) is 0.742. The van der Waals surface area contributed by atoms with E-state index in [1.54, 1.807) is 6.20 Å². The second-order valence-corrected chi connectivity index (χ2v) is 5.40. The number of aromatic nitrogens is 2. The van der Waals surface area contributed by atoms with Crippen LogP contribution in [-0.2, 0) is 5.41 Å². The maximum atomic E-state index is 11.2. The van der Waals surface area contributed by atoms with Gasteiger partial charge in [-0.1, -0.05) is 34.6 Å². The molecule has 0 aliphatic rings. The second-order valence-electron chi connectivity index (χ2n) is 5.40. The zero-order valence-corrected chi connectivity index (χ0v) is 11.3. The molecule has 0 aliphatic carbocycles. The third-order valence-electron chi connectivity index (χ3n) is 2.99. The summed E-state index contributed by atoms with van der Waals surface area (Å²) in [6.07, 6.45) is 3.59. The van der Waals surface area contributed by atoms with Gasteiger partial charge in [0.05, 0.1) is 11.7 Å². The van der Waals surface area contributed by atoms with Gasteiger partial charge < -0.3 is 5.11 Å². The molecular weight excluding hydrogens is 216 g/mol. The molecule has 0 amide bonds. The highest BCUT2D eigenvalue weighted by Crippen LogP contribution is 2.26. The van der Waals surface area contributed by atoms with Gasteiger partial charge in [-0.05, 0) is 12.8 Å². The van der Waals surface area contributed by atoms with E-state index in [4.69, 9.17) is 0 Å². The third-order valence-corrected chi connectivity index (χ3v) is 2.99. The van der Waals surface area contributed by atoms with Crippen LogP contribution < -0.4 is 0 Å². The summed E-state index contributed by atoms with van der Waals surface area (Å²) in [6.45, 7) is 10.1. The highest BCUT2D eigenvalue weighted by atomic mass is 16.4. The van der Waals surface area contributed by atoms with Gasteiger partial charge in [0.2, 0.25) is 0 Å². The normalized spacial score (nSPS) is 12.1. The number of hydrogen-bond donors (Lipinski definition) is 1. The second kappa shape index (κ2) is 4.90. The number of carboxylic acid groups (broad SMARTS) is 1. The van der Waals surface area contributed by atoms with Crippen molar-refractivity contribution in [3.05, 3.63) is 17.5 Å². The molecular formula is C13H22N2O2. The fraction of sp³-hybridized carbons (Fsp3) is 0.692. The average molecular weight is 238 g/mol. The van der Waals surface area contributed by atoms with Crippen molar-refractivity contribution in [3.8, 4) is 0 Å². The van der Waals surface area contributed by atoms with Crippen molar-refractivity contribution in [2.24, 2.45) is 0 Å². The fourth-order valence-corrected chi connectivity index (χ4v) is 1.95. The van der Waals surface area contributed by atoms with E-state index in [0.717, 1.165) is 12.8 Å². The van der Waals surface area contributed by atoms with E-state index >= 15 is 0 Å². The van der Waals surface area contributed by atoms with E-state index in [2.05, 4.69) is 18.9 Å². The molecule has 0 bridgehead atoms. The lowest BCUT2D eigenvalue weighted by Gasteiger charge is -2.17. The molecule has 0 saturated heterocycles. The molecule has 4 nitrogen and oxygen atoms in total. The lowest BCUT2D eigenvalue weighted by atomic mass is 9.90. The Kier molecular flexibility index (Phi) is 3.96. The quantitative estimate of drug-likeness (QED) is 0.876. The van der Waals surface area contributed by atoms with Crippen molar-refractivity contribution in [3.63, 3.8) is 0 Å². The van der Waals surface area contributed by atoms with E-state index in [1.165, 1.54) is 0 Å². The number of carbonyl (C=O) groups is 1. The van der Waals surface area contributed by atoms with E-state index < -0.39 is 5.97 Å². The Balaban J connectivity index is 3.26. The van der Waals surface area contributed by atoms with Crippen molar-refractivity contribution in [2.45, 2.75) is 58.9 Å². The Bertz CT molecular complexity index is 398. The summed E-state index contributed by atoms with van der Waals surface area (Å²) < 4.78 is 1.81. The van der Waals surface area contributed by atoms with Gasteiger partial charge in [-0.3, -0.25) is 4.68 Å². The topological polar surface area (TPSA) is 55.1 Å². The van der Waals surface area contributed by atoms with Gasteiger partial charge in [0.25, 0.3) is 0 Å². The van der Waals surface area contributed by atoms with Crippen LogP contribution in [0.15, 0.2) is 6.20 Å². The molecule has 0 saturated carbocycles. The number of nitrogens with zero attached hydrogens (tertiary/aromatic N) is 2. The summed E-state index contributed by atoms with van der Waals surface area (Å²) in [4.78, 5) is 11.2. The molecule has 1 N–H and O–H groups in total. The summed E-state index contributed by atoms with van der Waals surface area (Å²) in [6, 6.07) is 0.282. The van der Waals surface area contributed by atoms with Crippen LogP contribution in [0.1, 0.15) is 69.6 Å². The molecule has 1 aromatic heterocycles. The van der Waals surface area contributed by atoms with Gasteiger partial charge in [-0.25, -0.2) is 4.79 Å². The lowest BCUT2D eigenvalue weighted by molar-refractivity contribution is 0.0694. The predicted octanol–water partition coefficient (Wildman–Crippen LogP) is 3.24. The van der Waals surface area contributed by atoms with Gasteiger partial charge in [0.15, 0.2) is 0 Å². The van der Waals surface area contributed by atoms with Crippen molar-refractivity contribution in [1.82, 2.24) is 9.78 Å². The number of carboxylic acids is 1. The van der Waals surface area contributed by atoms with Gasteiger partial charge >= 0.3 is 5.97 Å². The maximum Gasteiger partial charge on any atom is 0.339 e. The largest absolute Gasteiger partial charge is 0.478 e. The fourth-order valence-electron chi connectivity index (χ4n) is 1.95. The van der Waals surface area contributed by atoms with Gasteiger partial charge in [-0.15, -0.1) is 0 Å². The van der Waals surface area contributed by atoms with Crippen LogP contribution >= 0.6 is 0 Å². The molecule has 1 heterocycles. The van der Waals surface area contributed by atoms with Crippen LogP contribution in [0.2, 0.25) is 0 Å². The van der Waals surface area contributed by atoms with Crippen LogP contribution in [0.5, 0.6) is 0 Å². The lowest BCUT2D eigenvalue weighted by Crippen LogP contribution is -2.17. The summed E-state index contributed by atoms with van der Waals surface area (Å²) >= 11 is 0. The highest BCUT2D eigenvalue weighted by Gasteiger charge is 2.27. The minimum atomic E-state index is -0.896. The molecule has 4 heteroatoms. The predicted molar refractivity (Wildman–Crippen MR) is 67.5 cm³/mol. The van der Waals surface area contributed by atoms with Gasteiger partial charge in [-0.2, -0.15) is 5.10 Å². The standard InChI is InChI=1S/C13H22N2O2/c1-6-9(7-2)15-8-10(12(16)17)11(14-15)13(3,4)5/h8-9H,6-7H2,1-5H3,(H,16,17). The monoisotopic (exact) mass is 238 g/mol. The Morgan fingerprint density at radius 1 is 1.41 bits per heavy atom. The van der Waals surface area contributed by atoms with E-state index in [9.17, 15) is 9.90 Å². The van der Waals surface area contributed by atoms with Crippen molar-refractivity contribution < 1.29 is 9.90 Å². The molecule has 0 radical (unpaired) electrons. The first-order chi connectivity index (χ1) is 7.81. The van der Waals surface area contributed by atoms with Crippen LogP contribution in [0, 0.1) is 0 Å². The Labute approximate surface area is 103 Å². The zero-order valence-electron chi connectivity index (χ0n) is 11.3. The maximum absolute atomic E-state index is 11.2. The molecule has 0 atom stereocenters. The van der Waals surface area contributed by atoms with Crippen LogP contribution in [0.3, 0.4) is 0 Å². The molecule has 0 fully saturated rings. The summed E-state index contributed by atoms with van der Waals surface area (Å²) in [7, 11) is 0. The van der Waals surface area contributed by atoms with E-state index in [-0.39, 0.29) is 11.5 Å².